The average Bonchev–Trinajstić information content (AvgIpc) is 2.47. The molecule has 0 spiro atoms. The van der Waals surface area contributed by atoms with Crippen LogP contribution in [0.3, 0.4) is 0 Å². The van der Waals surface area contributed by atoms with E-state index in [2.05, 4.69) is 20.8 Å². The summed E-state index contributed by atoms with van der Waals surface area (Å²) in [6.45, 7) is 6.51. The van der Waals surface area contributed by atoms with Gasteiger partial charge < -0.3 is 0 Å². The van der Waals surface area contributed by atoms with E-state index in [0.29, 0.717) is 5.56 Å². The van der Waals surface area contributed by atoms with Gasteiger partial charge in [-0.2, -0.15) is 0 Å². The molecule has 0 nitrogen and oxygen atoms in total. The van der Waals surface area contributed by atoms with Gasteiger partial charge in [-0.15, -0.1) is 11.6 Å². The third-order valence-electron chi connectivity index (χ3n) is 4.10. The number of rotatable bonds is 4. The fourth-order valence-corrected chi connectivity index (χ4v) is 2.52. The zero-order chi connectivity index (χ0) is 15.6. The first-order chi connectivity index (χ1) is 9.85. The van der Waals surface area contributed by atoms with Gasteiger partial charge in [0.2, 0.25) is 0 Å². The van der Waals surface area contributed by atoms with Crippen molar-refractivity contribution >= 4 is 11.6 Å². The minimum atomic E-state index is -0.621. The van der Waals surface area contributed by atoms with Crippen LogP contribution in [0.5, 0.6) is 0 Å². The topological polar surface area (TPSA) is 0 Å². The summed E-state index contributed by atoms with van der Waals surface area (Å²) in [7, 11) is 0. The van der Waals surface area contributed by atoms with Crippen LogP contribution in [-0.4, -0.2) is 0 Å². The Kier molecular flexibility index (Phi) is 4.67. The van der Waals surface area contributed by atoms with E-state index in [1.807, 2.05) is 24.3 Å². The molecule has 0 fully saturated rings. The number of alkyl halides is 1. The van der Waals surface area contributed by atoms with E-state index < -0.39 is 17.0 Å². The summed E-state index contributed by atoms with van der Waals surface area (Å²) in [5, 5.41) is -0.621. The molecular weight excluding hydrogens is 290 g/mol. The molecule has 112 valence electrons. The van der Waals surface area contributed by atoms with Crippen molar-refractivity contribution in [3.63, 3.8) is 0 Å². The van der Waals surface area contributed by atoms with E-state index in [-0.39, 0.29) is 5.41 Å². The largest absolute Gasteiger partial charge is 0.207 e. The molecule has 0 aliphatic rings. The van der Waals surface area contributed by atoms with Crippen LogP contribution >= 0.6 is 11.6 Å². The first-order valence-corrected chi connectivity index (χ1v) is 7.48. The van der Waals surface area contributed by atoms with Gasteiger partial charge in [-0.1, -0.05) is 51.1 Å². The van der Waals surface area contributed by atoms with Gasteiger partial charge in [0.25, 0.3) is 0 Å². The quantitative estimate of drug-likeness (QED) is 0.609. The van der Waals surface area contributed by atoms with Crippen LogP contribution in [-0.2, 0) is 5.41 Å². The number of benzene rings is 2. The third-order valence-corrected chi connectivity index (χ3v) is 4.59. The maximum absolute atomic E-state index is 13.8. The van der Waals surface area contributed by atoms with Crippen LogP contribution in [0.25, 0.3) is 0 Å². The second kappa shape index (κ2) is 6.15. The van der Waals surface area contributed by atoms with Crippen molar-refractivity contribution < 1.29 is 8.78 Å². The van der Waals surface area contributed by atoms with Crippen molar-refractivity contribution in [3.8, 4) is 0 Å². The summed E-state index contributed by atoms with van der Waals surface area (Å²) < 4.78 is 26.7. The molecule has 2 aromatic rings. The molecule has 0 radical (unpaired) electrons. The fourth-order valence-electron chi connectivity index (χ4n) is 2.19. The summed E-state index contributed by atoms with van der Waals surface area (Å²) >= 11 is 6.33. The van der Waals surface area contributed by atoms with Crippen molar-refractivity contribution in [3.05, 3.63) is 70.8 Å². The molecule has 0 aromatic heterocycles. The summed E-state index contributed by atoms with van der Waals surface area (Å²) in [4.78, 5) is 0. The predicted molar refractivity (Wildman–Crippen MR) is 83.8 cm³/mol. The molecule has 0 N–H and O–H groups in total. The van der Waals surface area contributed by atoms with Crippen molar-refractivity contribution in [2.45, 2.75) is 38.0 Å². The van der Waals surface area contributed by atoms with Crippen LogP contribution in [0.1, 0.15) is 49.3 Å². The molecule has 3 heteroatoms. The highest BCUT2D eigenvalue weighted by Gasteiger charge is 2.20. The average molecular weight is 309 g/mol. The molecule has 0 bridgehead atoms. The van der Waals surface area contributed by atoms with Gasteiger partial charge in [-0.25, -0.2) is 8.78 Å². The molecule has 1 atom stereocenters. The summed E-state index contributed by atoms with van der Waals surface area (Å²) in [5.41, 5.74) is 2.41. The standard InChI is InChI=1S/C18H19ClF2/c1-4-18(2,3)13-7-5-12(6-8-13)17(19)15-10-9-14(20)11-16(15)21/h5-11,17H,4H2,1-3H3. The monoisotopic (exact) mass is 308 g/mol. The summed E-state index contributed by atoms with van der Waals surface area (Å²) in [6, 6.07) is 11.3. The van der Waals surface area contributed by atoms with Crippen molar-refractivity contribution in [1.29, 1.82) is 0 Å². The van der Waals surface area contributed by atoms with E-state index in [4.69, 9.17) is 11.6 Å². The highest BCUT2D eigenvalue weighted by molar-refractivity contribution is 6.22. The van der Waals surface area contributed by atoms with Crippen molar-refractivity contribution in [2.75, 3.05) is 0 Å². The molecule has 0 heterocycles. The van der Waals surface area contributed by atoms with E-state index in [1.165, 1.54) is 17.7 Å². The summed E-state index contributed by atoms with van der Waals surface area (Å²) in [6.07, 6.45) is 1.03. The van der Waals surface area contributed by atoms with Crippen LogP contribution in [0.4, 0.5) is 8.78 Å². The van der Waals surface area contributed by atoms with Crippen LogP contribution in [0, 0.1) is 11.6 Å². The Balaban J connectivity index is 2.30. The van der Waals surface area contributed by atoms with Crippen LogP contribution in [0.2, 0.25) is 0 Å². The van der Waals surface area contributed by atoms with Gasteiger partial charge in [0.05, 0.1) is 5.38 Å². The van der Waals surface area contributed by atoms with E-state index in [1.54, 1.807) is 0 Å². The van der Waals surface area contributed by atoms with Crippen molar-refractivity contribution in [1.82, 2.24) is 0 Å². The molecular formula is C18H19ClF2. The molecule has 21 heavy (non-hydrogen) atoms. The normalized spacial score (nSPS) is 13.2. The van der Waals surface area contributed by atoms with Gasteiger partial charge in [-0.05, 0) is 29.0 Å². The maximum Gasteiger partial charge on any atom is 0.131 e. The second-order valence-corrected chi connectivity index (χ2v) is 6.32. The lowest BCUT2D eigenvalue weighted by Gasteiger charge is -2.24. The molecule has 2 rings (SSSR count). The lowest BCUT2D eigenvalue weighted by atomic mass is 9.82. The molecule has 1 unspecified atom stereocenters. The van der Waals surface area contributed by atoms with E-state index >= 15 is 0 Å². The molecule has 0 saturated carbocycles. The molecule has 2 aromatic carbocycles. The Morgan fingerprint density at radius 2 is 1.67 bits per heavy atom. The van der Waals surface area contributed by atoms with Crippen molar-refractivity contribution in [2.24, 2.45) is 0 Å². The lowest BCUT2D eigenvalue weighted by molar-refractivity contribution is 0.506. The molecule has 0 aliphatic heterocycles. The van der Waals surface area contributed by atoms with Gasteiger partial charge in [0.15, 0.2) is 0 Å². The number of hydrogen-bond donors (Lipinski definition) is 0. The SMILES string of the molecule is CCC(C)(C)c1ccc(C(Cl)c2ccc(F)cc2F)cc1. The van der Waals surface area contributed by atoms with Gasteiger partial charge in [0.1, 0.15) is 11.6 Å². The molecule has 0 amide bonds. The molecule has 0 aliphatic carbocycles. The minimum Gasteiger partial charge on any atom is -0.207 e. The lowest BCUT2D eigenvalue weighted by Crippen LogP contribution is -2.15. The minimum absolute atomic E-state index is 0.0987. The molecule has 0 saturated heterocycles. The van der Waals surface area contributed by atoms with Gasteiger partial charge in [0, 0.05) is 11.6 Å². The summed E-state index contributed by atoms with van der Waals surface area (Å²) in [5.74, 6) is -1.21. The Morgan fingerprint density at radius 1 is 1.05 bits per heavy atom. The number of halogens is 3. The number of hydrogen-bond acceptors (Lipinski definition) is 0. The zero-order valence-corrected chi connectivity index (χ0v) is 13.2. The first-order valence-electron chi connectivity index (χ1n) is 7.04. The van der Waals surface area contributed by atoms with Gasteiger partial charge >= 0.3 is 0 Å². The van der Waals surface area contributed by atoms with Crippen LogP contribution in [0.15, 0.2) is 42.5 Å². The predicted octanol–water partition coefficient (Wildman–Crippen LogP) is 5.98. The maximum atomic E-state index is 13.8. The zero-order valence-electron chi connectivity index (χ0n) is 12.5. The van der Waals surface area contributed by atoms with Gasteiger partial charge in [-0.3, -0.25) is 0 Å². The highest BCUT2D eigenvalue weighted by atomic mass is 35.5. The smallest absolute Gasteiger partial charge is 0.131 e. The van der Waals surface area contributed by atoms with Crippen LogP contribution < -0.4 is 0 Å². The highest BCUT2D eigenvalue weighted by Crippen LogP contribution is 2.33. The van der Waals surface area contributed by atoms with E-state index in [0.717, 1.165) is 18.1 Å². The Hall–Kier alpha value is -1.41. The Labute approximate surface area is 129 Å². The Bertz CT molecular complexity index is 618. The Morgan fingerprint density at radius 3 is 2.19 bits per heavy atom. The van der Waals surface area contributed by atoms with E-state index in [9.17, 15) is 8.78 Å². The third kappa shape index (κ3) is 3.44. The second-order valence-electron chi connectivity index (χ2n) is 5.89. The fraction of sp³-hybridized carbons (Fsp3) is 0.333. The first kappa shape index (κ1) is 16.0.